The standard InChI is InChI=1S/C22H19F2N3O3S/c1-12-15-10-21(28)27(2)11-18(15)16-9-20(26-31(3,29)30)19(24)8-17(16)22(25-12)13-4-6-14(23)7-5-13/h4-12,26H,1-3H3/t12-/m0/s1. The van der Waals surface area contributed by atoms with Crippen molar-refractivity contribution in [1.82, 2.24) is 4.57 Å². The second kappa shape index (κ2) is 7.42. The summed E-state index contributed by atoms with van der Waals surface area (Å²) >= 11 is 0. The van der Waals surface area contributed by atoms with Gasteiger partial charge in [0.1, 0.15) is 11.6 Å². The number of aryl methyl sites for hydroxylation is 1. The first-order chi connectivity index (χ1) is 14.5. The van der Waals surface area contributed by atoms with Crippen LogP contribution >= 0.6 is 0 Å². The number of rotatable bonds is 3. The van der Waals surface area contributed by atoms with Crippen molar-refractivity contribution in [2.24, 2.45) is 12.0 Å². The largest absolute Gasteiger partial charge is 0.318 e. The van der Waals surface area contributed by atoms with Crippen LogP contribution in [0.4, 0.5) is 14.5 Å². The van der Waals surface area contributed by atoms with Crippen molar-refractivity contribution in [3.05, 3.63) is 87.3 Å². The summed E-state index contributed by atoms with van der Waals surface area (Å²) in [6, 6.07) is 9.27. The summed E-state index contributed by atoms with van der Waals surface area (Å²) in [5.41, 5.74) is 2.70. The molecule has 9 heteroatoms. The molecule has 4 rings (SSSR count). The normalized spacial score (nSPS) is 15.5. The molecule has 0 saturated heterocycles. The van der Waals surface area contributed by atoms with Gasteiger partial charge in [-0.2, -0.15) is 0 Å². The number of aliphatic imine (C=N–C) groups is 1. The molecule has 0 fully saturated rings. The van der Waals surface area contributed by atoms with Gasteiger partial charge in [-0.05, 0) is 54.4 Å². The molecule has 6 nitrogen and oxygen atoms in total. The van der Waals surface area contributed by atoms with Crippen molar-refractivity contribution in [2.45, 2.75) is 13.0 Å². The van der Waals surface area contributed by atoms with Crippen molar-refractivity contribution in [1.29, 1.82) is 0 Å². The third-order valence-corrected chi connectivity index (χ3v) is 5.69. The quantitative estimate of drug-likeness (QED) is 0.672. The monoisotopic (exact) mass is 443 g/mol. The van der Waals surface area contributed by atoms with E-state index < -0.39 is 27.7 Å². The van der Waals surface area contributed by atoms with Crippen molar-refractivity contribution in [3.63, 3.8) is 0 Å². The predicted octanol–water partition coefficient (Wildman–Crippen LogP) is 3.61. The summed E-state index contributed by atoms with van der Waals surface area (Å²) in [5.74, 6) is -1.20. The van der Waals surface area contributed by atoms with Crippen LogP contribution in [-0.4, -0.2) is 25.0 Å². The minimum atomic E-state index is -3.73. The molecular weight excluding hydrogens is 424 g/mol. The van der Waals surface area contributed by atoms with Crippen LogP contribution in [0.1, 0.15) is 29.7 Å². The highest BCUT2D eigenvalue weighted by Gasteiger charge is 2.26. The molecule has 1 aromatic heterocycles. The summed E-state index contributed by atoms with van der Waals surface area (Å²) in [6.07, 6.45) is 2.56. The molecule has 2 aromatic carbocycles. The molecule has 1 N–H and O–H groups in total. The summed E-state index contributed by atoms with van der Waals surface area (Å²) in [6.45, 7) is 1.81. The van der Waals surface area contributed by atoms with Crippen LogP contribution in [0.5, 0.6) is 0 Å². The van der Waals surface area contributed by atoms with E-state index in [-0.39, 0.29) is 11.2 Å². The molecule has 1 aliphatic rings. The van der Waals surface area contributed by atoms with E-state index >= 15 is 0 Å². The van der Waals surface area contributed by atoms with Gasteiger partial charge in [-0.15, -0.1) is 0 Å². The maximum absolute atomic E-state index is 14.9. The third kappa shape index (κ3) is 4.00. The second-order valence-corrected chi connectivity index (χ2v) is 9.25. The van der Waals surface area contributed by atoms with E-state index in [0.717, 1.165) is 6.26 Å². The van der Waals surface area contributed by atoms with Gasteiger partial charge in [-0.1, -0.05) is 0 Å². The number of fused-ring (bicyclic) bond motifs is 3. The highest BCUT2D eigenvalue weighted by atomic mass is 32.2. The van der Waals surface area contributed by atoms with Crippen LogP contribution in [0, 0.1) is 11.6 Å². The first kappa shape index (κ1) is 20.9. The molecule has 0 aliphatic carbocycles. The van der Waals surface area contributed by atoms with Crippen molar-refractivity contribution in [2.75, 3.05) is 11.0 Å². The topological polar surface area (TPSA) is 80.5 Å². The van der Waals surface area contributed by atoms with E-state index in [1.54, 1.807) is 32.3 Å². The lowest BCUT2D eigenvalue weighted by molar-refractivity contribution is 0.603. The number of halogens is 2. The van der Waals surface area contributed by atoms with Gasteiger partial charge >= 0.3 is 0 Å². The lowest BCUT2D eigenvalue weighted by Gasteiger charge is -2.16. The number of benzene rings is 2. The number of nitrogens with zero attached hydrogens (tertiary/aromatic N) is 2. The van der Waals surface area contributed by atoms with Gasteiger partial charge in [0.05, 0.1) is 23.7 Å². The van der Waals surface area contributed by atoms with E-state index in [0.29, 0.717) is 33.5 Å². The zero-order valence-electron chi connectivity index (χ0n) is 17.0. The minimum Gasteiger partial charge on any atom is -0.318 e. The first-order valence-electron chi connectivity index (χ1n) is 9.40. The van der Waals surface area contributed by atoms with Crippen LogP contribution < -0.4 is 10.3 Å². The summed E-state index contributed by atoms with van der Waals surface area (Å²) in [4.78, 5) is 17.0. The fourth-order valence-electron chi connectivity index (χ4n) is 3.66. The van der Waals surface area contributed by atoms with E-state index in [4.69, 9.17) is 4.99 Å². The average molecular weight is 443 g/mol. The zero-order valence-corrected chi connectivity index (χ0v) is 17.8. The molecule has 31 heavy (non-hydrogen) atoms. The summed E-state index contributed by atoms with van der Waals surface area (Å²) < 4.78 is 55.4. The molecule has 0 radical (unpaired) electrons. The second-order valence-electron chi connectivity index (χ2n) is 7.50. The van der Waals surface area contributed by atoms with Crippen LogP contribution in [0.25, 0.3) is 11.1 Å². The smallest absolute Gasteiger partial charge is 0.250 e. The van der Waals surface area contributed by atoms with Crippen LogP contribution in [0.15, 0.2) is 58.4 Å². The Labute approximate surface area is 177 Å². The number of aromatic nitrogens is 1. The molecule has 0 saturated carbocycles. The molecule has 0 spiro atoms. The van der Waals surface area contributed by atoms with Gasteiger partial charge < -0.3 is 4.57 Å². The van der Waals surface area contributed by atoms with Gasteiger partial charge in [0, 0.05) is 36.0 Å². The fourth-order valence-corrected chi connectivity index (χ4v) is 4.21. The van der Waals surface area contributed by atoms with Gasteiger partial charge in [0.2, 0.25) is 10.0 Å². The van der Waals surface area contributed by atoms with Crippen molar-refractivity contribution < 1.29 is 17.2 Å². The van der Waals surface area contributed by atoms with E-state index in [9.17, 15) is 22.0 Å². The molecule has 0 bridgehead atoms. The Balaban J connectivity index is 2.07. The number of sulfonamides is 1. The molecule has 1 atom stereocenters. The molecule has 0 amide bonds. The van der Waals surface area contributed by atoms with Gasteiger partial charge in [0.25, 0.3) is 5.56 Å². The Morgan fingerprint density at radius 3 is 2.35 bits per heavy atom. The first-order valence-corrected chi connectivity index (χ1v) is 11.3. The molecule has 160 valence electrons. The Bertz CT molecular complexity index is 1390. The summed E-state index contributed by atoms with van der Waals surface area (Å²) in [7, 11) is -2.13. The predicted molar refractivity (Wildman–Crippen MR) is 116 cm³/mol. The maximum atomic E-state index is 14.9. The van der Waals surface area contributed by atoms with E-state index in [1.165, 1.54) is 34.9 Å². The molecular formula is C22H19F2N3O3S. The van der Waals surface area contributed by atoms with E-state index in [1.807, 2.05) is 0 Å². The van der Waals surface area contributed by atoms with Crippen LogP contribution in [-0.2, 0) is 17.1 Å². The molecule has 0 unspecified atom stereocenters. The number of hydrogen-bond acceptors (Lipinski definition) is 4. The number of anilines is 1. The summed E-state index contributed by atoms with van der Waals surface area (Å²) in [5, 5.41) is 0. The molecule has 2 heterocycles. The highest BCUT2D eigenvalue weighted by Crippen LogP contribution is 2.39. The lowest BCUT2D eigenvalue weighted by atomic mass is 9.91. The molecule has 3 aromatic rings. The highest BCUT2D eigenvalue weighted by molar-refractivity contribution is 7.92. The van der Waals surface area contributed by atoms with Crippen molar-refractivity contribution >= 4 is 21.4 Å². The van der Waals surface area contributed by atoms with E-state index in [2.05, 4.69) is 4.72 Å². The Morgan fingerprint density at radius 1 is 1.03 bits per heavy atom. The van der Waals surface area contributed by atoms with Gasteiger partial charge in [-0.3, -0.25) is 14.5 Å². The Kier molecular flexibility index (Phi) is 5.01. The van der Waals surface area contributed by atoms with Crippen LogP contribution in [0.2, 0.25) is 0 Å². The maximum Gasteiger partial charge on any atom is 0.250 e. The number of pyridine rings is 1. The lowest BCUT2D eigenvalue weighted by Crippen LogP contribution is -2.17. The Hall–Kier alpha value is -3.33. The average Bonchev–Trinajstić information content (AvgIpc) is 2.78. The van der Waals surface area contributed by atoms with Crippen LogP contribution in [0.3, 0.4) is 0 Å². The third-order valence-electron chi connectivity index (χ3n) is 5.10. The minimum absolute atomic E-state index is 0.214. The molecule has 1 aliphatic heterocycles. The van der Waals surface area contributed by atoms with Gasteiger partial charge in [0.15, 0.2) is 0 Å². The van der Waals surface area contributed by atoms with Crippen molar-refractivity contribution in [3.8, 4) is 11.1 Å². The van der Waals surface area contributed by atoms with Gasteiger partial charge in [-0.25, -0.2) is 17.2 Å². The fraction of sp³-hybridized carbons (Fsp3) is 0.182. The SMILES string of the molecule is C[C@@H]1N=C(c2ccc(F)cc2)c2cc(F)c(NS(C)(=O)=O)cc2-c2cn(C)c(=O)cc21. The number of hydrogen-bond donors (Lipinski definition) is 1. The number of nitrogens with one attached hydrogen (secondary N) is 1. The zero-order chi connectivity index (χ0) is 22.5. The Morgan fingerprint density at radius 2 is 1.71 bits per heavy atom.